The van der Waals surface area contributed by atoms with E-state index >= 15 is 0 Å². The molecule has 2 aromatic rings. The van der Waals surface area contributed by atoms with E-state index in [1.807, 2.05) is 19.2 Å². The number of ether oxygens (including phenoxy) is 1. The van der Waals surface area contributed by atoms with Crippen LogP contribution in [0.2, 0.25) is 0 Å². The molecular weight excluding hydrogens is 372 g/mol. The summed E-state index contributed by atoms with van der Waals surface area (Å²) < 4.78 is 30.8. The van der Waals surface area contributed by atoms with E-state index in [0.29, 0.717) is 23.7 Å². The molecule has 0 aliphatic carbocycles. The van der Waals surface area contributed by atoms with Crippen molar-refractivity contribution < 1.29 is 17.9 Å². The number of nitrogens with one attached hydrogen (secondary N) is 1. The summed E-state index contributed by atoms with van der Waals surface area (Å²) in [6, 6.07) is 14.0. The standard InChI is InChI=1S/C18H22N2O4S2/c1-4-24-16-9-5-7-14(11-16)19-18(21)13-20(26(3,22)23)15-8-6-10-17(12-15)25-2/h5-12H,4,13H2,1-3H3,(H,19,21). The lowest BCUT2D eigenvalue weighted by Crippen LogP contribution is -2.37. The monoisotopic (exact) mass is 394 g/mol. The van der Waals surface area contributed by atoms with Crippen molar-refractivity contribution in [3.8, 4) is 5.75 Å². The lowest BCUT2D eigenvalue weighted by molar-refractivity contribution is -0.114. The van der Waals surface area contributed by atoms with E-state index in [9.17, 15) is 13.2 Å². The first-order valence-corrected chi connectivity index (χ1v) is 11.0. The third-order valence-corrected chi connectivity index (χ3v) is 5.32. The Bertz CT molecular complexity index is 869. The van der Waals surface area contributed by atoms with Crippen molar-refractivity contribution in [3.05, 3.63) is 48.5 Å². The maximum absolute atomic E-state index is 12.4. The topological polar surface area (TPSA) is 75.7 Å². The maximum Gasteiger partial charge on any atom is 0.245 e. The SMILES string of the molecule is CCOc1cccc(NC(=O)CN(c2cccc(SC)c2)S(C)(=O)=O)c1. The number of benzene rings is 2. The normalized spacial score (nSPS) is 11.0. The van der Waals surface area contributed by atoms with E-state index in [1.165, 1.54) is 11.8 Å². The van der Waals surface area contributed by atoms with Crippen molar-refractivity contribution in [2.45, 2.75) is 11.8 Å². The zero-order chi connectivity index (χ0) is 19.2. The third kappa shape index (κ3) is 5.67. The zero-order valence-electron chi connectivity index (χ0n) is 14.9. The molecule has 0 aromatic heterocycles. The molecular formula is C18H22N2O4S2. The number of sulfonamides is 1. The number of anilines is 2. The Labute approximate surface area is 158 Å². The quantitative estimate of drug-likeness (QED) is 0.696. The van der Waals surface area contributed by atoms with Gasteiger partial charge in [0.2, 0.25) is 15.9 Å². The molecule has 2 aromatic carbocycles. The van der Waals surface area contributed by atoms with Gasteiger partial charge in [0.25, 0.3) is 0 Å². The molecule has 0 spiro atoms. The van der Waals surface area contributed by atoms with Gasteiger partial charge in [-0.15, -0.1) is 11.8 Å². The molecule has 8 heteroatoms. The summed E-state index contributed by atoms with van der Waals surface area (Å²) >= 11 is 1.50. The molecule has 0 atom stereocenters. The largest absolute Gasteiger partial charge is 0.494 e. The summed E-state index contributed by atoms with van der Waals surface area (Å²) in [5.74, 6) is 0.205. The minimum Gasteiger partial charge on any atom is -0.494 e. The predicted octanol–water partition coefficient (Wildman–Crippen LogP) is 3.21. The van der Waals surface area contributed by atoms with Crippen molar-refractivity contribution in [2.24, 2.45) is 0 Å². The molecule has 0 aliphatic rings. The molecule has 0 fully saturated rings. The summed E-state index contributed by atoms with van der Waals surface area (Å²) in [4.78, 5) is 13.3. The van der Waals surface area contributed by atoms with E-state index in [-0.39, 0.29) is 6.54 Å². The van der Waals surface area contributed by atoms with Crippen LogP contribution in [0.25, 0.3) is 0 Å². The van der Waals surface area contributed by atoms with Gasteiger partial charge >= 0.3 is 0 Å². The lowest BCUT2D eigenvalue weighted by Gasteiger charge is -2.22. The average molecular weight is 395 g/mol. The Balaban J connectivity index is 2.18. The number of thioether (sulfide) groups is 1. The van der Waals surface area contributed by atoms with Crippen molar-refractivity contribution in [1.82, 2.24) is 0 Å². The Morgan fingerprint density at radius 3 is 2.58 bits per heavy atom. The minimum atomic E-state index is -3.61. The fraction of sp³-hybridized carbons (Fsp3) is 0.278. The zero-order valence-corrected chi connectivity index (χ0v) is 16.6. The fourth-order valence-electron chi connectivity index (χ4n) is 2.33. The van der Waals surface area contributed by atoms with Crippen molar-refractivity contribution in [3.63, 3.8) is 0 Å². The van der Waals surface area contributed by atoms with Gasteiger partial charge in [0.1, 0.15) is 12.3 Å². The molecule has 0 saturated heterocycles. The van der Waals surface area contributed by atoms with Crippen LogP contribution in [0, 0.1) is 0 Å². The highest BCUT2D eigenvalue weighted by atomic mass is 32.2. The van der Waals surface area contributed by atoms with E-state index in [4.69, 9.17) is 4.74 Å². The van der Waals surface area contributed by atoms with Crippen LogP contribution >= 0.6 is 11.8 Å². The van der Waals surface area contributed by atoms with Crippen LogP contribution in [0.1, 0.15) is 6.92 Å². The Morgan fingerprint density at radius 1 is 1.19 bits per heavy atom. The van der Waals surface area contributed by atoms with Gasteiger partial charge in [0, 0.05) is 16.6 Å². The molecule has 0 bridgehead atoms. The minimum absolute atomic E-state index is 0.310. The summed E-state index contributed by atoms with van der Waals surface area (Å²) in [7, 11) is -3.61. The van der Waals surface area contributed by atoms with Crippen LogP contribution in [-0.2, 0) is 14.8 Å². The molecule has 1 N–H and O–H groups in total. The highest BCUT2D eigenvalue weighted by Gasteiger charge is 2.21. The van der Waals surface area contributed by atoms with E-state index in [0.717, 1.165) is 15.5 Å². The molecule has 0 unspecified atom stereocenters. The van der Waals surface area contributed by atoms with Gasteiger partial charge in [-0.1, -0.05) is 12.1 Å². The molecule has 0 aliphatic heterocycles. The number of rotatable bonds is 8. The van der Waals surface area contributed by atoms with Gasteiger partial charge in [-0.2, -0.15) is 0 Å². The van der Waals surface area contributed by atoms with Crippen LogP contribution in [-0.4, -0.2) is 40.0 Å². The highest BCUT2D eigenvalue weighted by molar-refractivity contribution is 7.98. The van der Waals surface area contributed by atoms with Crippen LogP contribution in [0.15, 0.2) is 53.4 Å². The molecule has 0 heterocycles. The maximum atomic E-state index is 12.4. The molecule has 1 amide bonds. The third-order valence-electron chi connectivity index (χ3n) is 3.46. The molecule has 0 saturated carbocycles. The first-order chi connectivity index (χ1) is 12.3. The second-order valence-electron chi connectivity index (χ2n) is 5.48. The summed E-state index contributed by atoms with van der Waals surface area (Å²) in [6.45, 7) is 2.08. The first kappa shape index (κ1) is 20.1. The second kappa shape index (κ2) is 8.95. The Morgan fingerprint density at radius 2 is 1.92 bits per heavy atom. The molecule has 140 valence electrons. The number of carbonyl (C=O) groups excluding carboxylic acids is 1. The number of carbonyl (C=O) groups is 1. The van der Waals surface area contributed by atoms with Crippen LogP contribution < -0.4 is 14.4 Å². The van der Waals surface area contributed by atoms with Crippen LogP contribution in [0.4, 0.5) is 11.4 Å². The number of hydrogen-bond acceptors (Lipinski definition) is 5. The van der Waals surface area contributed by atoms with Gasteiger partial charge in [0.05, 0.1) is 18.6 Å². The van der Waals surface area contributed by atoms with Gasteiger partial charge in [-0.05, 0) is 43.5 Å². The molecule has 0 radical (unpaired) electrons. The second-order valence-corrected chi connectivity index (χ2v) is 8.27. The predicted molar refractivity (Wildman–Crippen MR) is 107 cm³/mol. The fourth-order valence-corrected chi connectivity index (χ4v) is 3.63. The summed E-state index contributed by atoms with van der Waals surface area (Å²) in [5, 5.41) is 2.71. The van der Waals surface area contributed by atoms with Crippen LogP contribution in [0.3, 0.4) is 0 Å². The molecule has 26 heavy (non-hydrogen) atoms. The van der Waals surface area contributed by atoms with E-state index in [2.05, 4.69) is 5.32 Å². The van der Waals surface area contributed by atoms with Gasteiger partial charge < -0.3 is 10.1 Å². The van der Waals surface area contributed by atoms with E-state index in [1.54, 1.807) is 42.5 Å². The first-order valence-electron chi connectivity index (χ1n) is 7.98. The molecule has 2 rings (SSSR count). The highest BCUT2D eigenvalue weighted by Crippen LogP contribution is 2.24. The van der Waals surface area contributed by atoms with Gasteiger partial charge in [-0.25, -0.2) is 8.42 Å². The number of hydrogen-bond donors (Lipinski definition) is 1. The lowest BCUT2D eigenvalue weighted by atomic mass is 10.3. The molecule has 6 nitrogen and oxygen atoms in total. The summed E-state index contributed by atoms with van der Waals surface area (Å²) in [5.41, 5.74) is 1.00. The number of nitrogens with zero attached hydrogens (tertiary/aromatic N) is 1. The van der Waals surface area contributed by atoms with Crippen molar-refractivity contribution >= 4 is 39.1 Å². The number of amides is 1. The Hall–Kier alpha value is -2.19. The van der Waals surface area contributed by atoms with Gasteiger partial charge in [0.15, 0.2) is 0 Å². The van der Waals surface area contributed by atoms with Crippen molar-refractivity contribution in [2.75, 3.05) is 35.3 Å². The average Bonchev–Trinajstić information content (AvgIpc) is 2.59. The Kier molecular flexibility index (Phi) is 6.93. The summed E-state index contributed by atoms with van der Waals surface area (Å²) in [6.07, 6.45) is 2.99. The van der Waals surface area contributed by atoms with Crippen molar-refractivity contribution in [1.29, 1.82) is 0 Å². The van der Waals surface area contributed by atoms with Gasteiger partial charge in [-0.3, -0.25) is 9.10 Å². The van der Waals surface area contributed by atoms with Crippen LogP contribution in [0.5, 0.6) is 5.75 Å². The smallest absolute Gasteiger partial charge is 0.245 e. The van der Waals surface area contributed by atoms with E-state index < -0.39 is 15.9 Å².